The topological polar surface area (TPSA) is 75.6 Å². The molecule has 0 saturated heterocycles. The number of methoxy groups -OCH3 is 3. The minimum Gasteiger partial charge on any atom is -0.497 e. The molecule has 32 heavy (non-hydrogen) atoms. The first kappa shape index (κ1) is 27.3. The summed E-state index contributed by atoms with van der Waals surface area (Å²) in [5.41, 5.74) is 2.01. The molecular formula is C23H33IN4O4. The van der Waals surface area contributed by atoms with Crippen LogP contribution in [0.1, 0.15) is 11.1 Å². The van der Waals surface area contributed by atoms with Crippen LogP contribution < -0.4 is 19.5 Å². The van der Waals surface area contributed by atoms with Crippen molar-refractivity contribution in [1.82, 2.24) is 15.1 Å². The van der Waals surface area contributed by atoms with E-state index in [1.54, 1.807) is 40.3 Å². The molecule has 1 N–H and O–H groups in total. The lowest BCUT2D eigenvalue weighted by Gasteiger charge is -2.24. The van der Waals surface area contributed by atoms with Crippen LogP contribution in [0.5, 0.6) is 17.2 Å². The average molecular weight is 556 g/mol. The smallest absolute Gasteiger partial charge is 0.241 e. The molecule has 2 aromatic rings. The van der Waals surface area contributed by atoms with Crippen LogP contribution in [0.25, 0.3) is 0 Å². The number of halogens is 1. The lowest BCUT2D eigenvalue weighted by molar-refractivity contribution is -0.127. The Morgan fingerprint density at radius 1 is 0.938 bits per heavy atom. The van der Waals surface area contributed by atoms with Gasteiger partial charge in [-0.1, -0.05) is 12.1 Å². The first-order chi connectivity index (χ1) is 14.9. The number of benzene rings is 2. The van der Waals surface area contributed by atoms with Crippen molar-refractivity contribution in [2.45, 2.75) is 13.1 Å². The summed E-state index contributed by atoms with van der Waals surface area (Å²) in [4.78, 5) is 20.3. The summed E-state index contributed by atoms with van der Waals surface area (Å²) in [5, 5.41) is 3.17. The van der Waals surface area contributed by atoms with E-state index in [1.807, 2.05) is 54.4 Å². The zero-order valence-electron chi connectivity index (χ0n) is 19.5. The molecule has 9 heteroatoms. The number of likely N-dealkylation sites (N-methyl/N-ethyl adjacent to an activating group) is 1. The van der Waals surface area contributed by atoms with Gasteiger partial charge in [-0.2, -0.15) is 0 Å². The van der Waals surface area contributed by atoms with Gasteiger partial charge in [-0.05, 0) is 29.8 Å². The second-order valence-electron chi connectivity index (χ2n) is 7.16. The number of guanidine groups is 1. The maximum atomic E-state index is 12.1. The molecule has 0 bridgehead atoms. The largest absolute Gasteiger partial charge is 0.497 e. The van der Waals surface area contributed by atoms with Crippen LogP contribution in [0.15, 0.2) is 47.5 Å². The van der Waals surface area contributed by atoms with Crippen LogP contribution >= 0.6 is 24.0 Å². The van der Waals surface area contributed by atoms with Crippen LogP contribution in [-0.2, 0) is 17.9 Å². The van der Waals surface area contributed by atoms with Gasteiger partial charge in [0.15, 0.2) is 5.96 Å². The summed E-state index contributed by atoms with van der Waals surface area (Å²) in [5.74, 6) is 2.83. The first-order valence-electron chi connectivity index (χ1n) is 9.91. The van der Waals surface area contributed by atoms with Crippen LogP contribution in [-0.4, -0.2) is 70.7 Å². The number of amides is 1. The lowest BCUT2D eigenvalue weighted by atomic mass is 10.2. The predicted molar refractivity (Wildman–Crippen MR) is 137 cm³/mol. The maximum absolute atomic E-state index is 12.1. The number of rotatable bonds is 9. The molecular weight excluding hydrogens is 523 g/mol. The normalized spacial score (nSPS) is 10.6. The highest BCUT2D eigenvalue weighted by molar-refractivity contribution is 14.0. The van der Waals surface area contributed by atoms with Crippen molar-refractivity contribution in [2.24, 2.45) is 4.99 Å². The number of hydrogen-bond donors (Lipinski definition) is 1. The molecule has 0 saturated carbocycles. The SMILES string of the molecule is COc1ccc(CN=C(NCC(=O)N(C)C)N(C)Cc2ccc(OC)cc2OC)cc1.I. The Labute approximate surface area is 207 Å². The van der Waals surface area contributed by atoms with Crippen molar-refractivity contribution in [3.8, 4) is 17.2 Å². The van der Waals surface area contributed by atoms with E-state index >= 15 is 0 Å². The van der Waals surface area contributed by atoms with Gasteiger partial charge in [0.05, 0.1) is 34.4 Å². The molecule has 0 unspecified atom stereocenters. The number of nitrogens with one attached hydrogen (secondary N) is 1. The summed E-state index contributed by atoms with van der Waals surface area (Å²) in [7, 11) is 10.3. The molecule has 0 aliphatic heterocycles. The molecule has 0 spiro atoms. The number of carbonyl (C=O) groups excluding carboxylic acids is 1. The fourth-order valence-corrected chi connectivity index (χ4v) is 2.83. The molecule has 0 heterocycles. The molecule has 0 atom stereocenters. The van der Waals surface area contributed by atoms with Crippen LogP contribution in [0.2, 0.25) is 0 Å². The summed E-state index contributed by atoms with van der Waals surface area (Å²) in [6, 6.07) is 13.4. The van der Waals surface area contributed by atoms with Gasteiger partial charge >= 0.3 is 0 Å². The molecule has 0 aromatic heterocycles. The lowest BCUT2D eigenvalue weighted by Crippen LogP contribution is -2.43. The summed E-state index contributed by atoms with van der Waals surface area (Å²) >= 11 is 0. The minimum absolute atomic E-state index is 0. The van der Waals surface area contributed by atoms with Gasteiger partial charge in [-0.3, -0.25) is 4.79 Å². The van der Waals surface area contributed by atoms with Crippen molar-refractivity contribution >= 4 is 35.8 Å². The average Bonchev–Trinajstić information content (AvgIpc) is 2.79. The Morgan fingerprint density at radius 3 is 2.12 bits per heavy atom. The fourth-order valence-electron chi connectivity index (χ4n) is 2.83. The number of carbonyl (C=O) groups is 1. The zero-order valence-corrected chi connectivity index (χ0v) is 21.9. The number of aliphatic imine (C=N–C) groups is 1. The molecule has 2 aromatic carbocycles. The number of hydrogen-bond acceptors (Lipinski definition) is 5. The zero-order chi connectivity index (χ0) is 22.8. The third-order valence-corrected chi connectivity index (χ3v) is 4.73. The molecule has 176 valence electrons. The van der Waals surface area contributed by atoms with E-state index < -0.39 is 0 Å². The number of nitrogens with zero attached hydrogens (tertiary/aromatic N) is 3. The van der Waals surface area contributed by atoms with Crippen molar-refractivity contribution in [3.05, 3.63) is 53.6 Å². The quantitative estimate of drug-likeness (QED) is 0.291. The van der Waals surface area contributed by atoms with Crippen LogP contribution in [0.4, 0.5) is 0 Å². The molecule has 2 rings (SSSR count). The maximum Gasteiger partial charge on any atom is 0.241 e. The van der Waals surface area contributed by atoms with Crippen LogP contribution in [0, 0.1) is 0 Å². The predicted octanol–water partition coefficient (Wildman–Crippen LogP) is 3.00. The van der Waals surface area contributed by atoms with Crippen LogP contribution in [0.3, 0.4) is 0 Å². The van der Waals surface area contributed by atoms with E-state index in [4.69, 9.17) is 19.2 Å². The summed E-state index contributed by atoms with van der Waals surface area (Å²) < 4.78 is 16.0. The highest BCUT2D eigenvalue weighted by Gasteiger charge is 2.13. The third kappa shape index (κ3) is 8.10. The minimum atomic E-state index is -0.0347. The van der Waals surface area contributed by atoms with Gasteiger partial charge in [0, 0.05) is 39.3 Å². The highest BCUT2D eigenvalue weighted by Crippen LogP contribution is 2.25. The van der Waals surface area contributed by atoms with Gasteiger partial charge in [-0.15, -0.1) is 24.0 Å². The van der Waals surface area contributed by atoms with Crippen molar-refractivity contribution < 1.29 is 19.0 Å². The van der Waals surface area contributed by atoms with E-state index in [-0.39, 0.29) is 36.4 Å². The third-order valence-electron chi connectivity index (χ3n) is 4.73. The van der Waals surface area contributed by atoms with Crippen molar-refractivity contribution in [2.75, 3.05) is 49.0 Å². The van der Waals surface area contributed by atoms with E-state index in [0.29, 0.717) is 19.0 Å². The van der Waals surface area contributed by atoms with Gasteiger partial charge in [0.1, 0.15) is 17.2 Å². The monoisotopic (exact) mass is 556 g/mol. The van der Waals surface area contributed by atoms with Crippen molar-refractivity contribution in [3.63, 3.8) is 0 Å². The molecule has 0 aliphatic rings. The summed E-state index contributed by atoms with van der Waals surface area (Å²) in [6.45, 7) is 1.16. The van der Waals surface area contributed by atoms with Gasteiger partial charge in [-0.25, -0.2) is 4.99 Å². The fraction of sp³-hybridized carbons (Fsp3) is 0.391. The molecule has 0 fully saturated rings. The molecule has 1 amide bonds. The second-order valence-corrected chi connectivity index (χ2v) is 7.16. The Bertz CT molecular complexity index is 888. The van der Waals surface area contributed by atoms with Gasteiger partial charge < -0.3 is 29.3 Å². The molecule has 0 radical (unpaired) electrons. The molecule has 0 aliphatic carbocycles. The number of ether oxygens (including phenoxy) is 3. The Hall–Kier alpha value is -2.69. The van der Waals surface area contributed by atoms with E-state index in [2.05, 4.69) is 5.32 Å². The van der Waals surface area contributed by atoms with Gasteiger partial charge in [0.2, 0.25) is 5.91 Å². The van der Waals surface area contributed by atoms with Crippen molar-refractivity contribution in [1.29, 1.82) is 0 Å². The Kier molecular flexibility index (Phi) is 11.7. The Balaban J connectivity index is 0.00000512. The highest BCUT2D eigenvalue weighted by atomic mass is 127. The standard InChI is InChI=1S/C23H32N4O4.HI/c1-26(2)22(28)15-25-23(24-14-17-7-10-19(29-4)11-8-17)27(3)16-18-9-12-20(30-5)13-21(18)31-6;/h7-13H,14-16H2,1-6H3,(H,24,25);1H. The van der Waals surface area contributed by atoms with E-state index in [0.717, 1.165) is 28.4 Å². The van der Waals surface area contributed by atoms with E-state index in [1.165, 1.54) is 0 Å². The first-order valence-corrected chi connectivity index (χ1v) is 9.91. The molecule has 8 nitrogen and oxygen atoms in total. The summed E-state index contributed by atoms with van der Waals surface area (Å²) in [6.07, 6.45) is 0. The Morgan fingerprint density at radius 2 is 1.56 bits per heavy atom. The van der Waals surface area contributed by atoms with Gasteiger partial charge in [0.25, 0.3) is 0 Å². The van der Waals surface area contributed by atoms with E-state index in [9.17, 15) is 4.79 Å². The second kappa shape index (κ2) is 13.7.